The fourth-order valence-corrected chi connectivity index (χ4v) is 2.07. The second-order valence-corrected chi connectivity index (χ2v) is 4.66. The molecule has 100 valence electrons. The minimum atomic E-state index is -4.58. The van der Waals surface area contributed by atoms with Crippen molar-refractivity contribution in [1.29, 1.82) is 0 Å². The topological polar surface area (TPSA) is 21.8 Å². The lowest BCUT2D eigenvalue weighted by molar-refractivity contribution is -0.224. The van der Waals surface area contributed by atoms with Crippen molar-refractivity contribution in [2.45, 2.75) is 18.4 Å². The molecule has 1 aliphatic heterocycles. The van der Waals surface area contributed by atoms with Gasteiger partial charge in [0.25, 0.3) is 0 Å². The highest BCUT2D eigenvalue weighted by Crippen LogP contribution is 2.42. The number of epoxide rings is 1. The highest BCUT2D eigenvalue weighted by Gasteiger charge is 2.45. The molecule has 0 unspecified atom stereocenters. The van der Waals surface area contributed by atoms with Crippen molar-refractivity contribution in [3.63, 3.8) is 0 Å². The Bertz CT molecular complexity index is 413. The van der Waals surface area contributed by atoms with Gasteiger partial charge in [-0.05, 0) is 12.1 Å². The fourth-order valence-electron chi connectivity index (χ4n) is 1.47. The van der Waals surface area contributed by atoms with Gasteiger partial charge in [-0.3, -0.25) is 0 Å². The van der Waals surface area contributed by atoms with Crippen LogP contribution in [0.3, 0.4) is 0 Å². The molecule has 1 aromatic rings. The summed E-state index contributed by atoms with van der Waals surface area (Å²) in [5, 5.41) is -0.136. The van der Waals surface area contributed by atoms with Crippen LogP contribution in [0.5, 0.6) is 0 Å². The van der Waals surface area contributed by atoms with Crippen LogP contribution in [-0.2, 0) is 9.47 Å². The van der Waals surface area contributed by atoms with E-state index in [9.17, 15) is 13.2 Å². The van der Waals surface area contributed by atoms with Crippen LogP contribution in [-0.4, -0.2) is 25.5 Å². The molecule has 0 spiro atoms. The van der Waals surface area contributed by atoms with Crippen LogP contribution in [0.15, 0.2) is 18.2 Å². The number of rotatable bonds is 4. The third kappa shape index (κ3) is 3.29. The lowest BCUT2D eigenvalue weighted by Crippen LogP contribution is -2.25. The van der Waals surface area contributed by atoms with E-state index in [1.165, 1.54) is 18.2 Å². The molecule has 0 bridgehead atoms. The van der Waals surface area contributed by atoms with E-state index in [0.717, 1.165) is 0 Å². The monoisotopic (exact) mass is 300 g/mol. The Morgan fingerprint density at radius 3 is 2.33 bits per heavy atom. The Morgan fingerprint density at radius 2 is 1.89 bits per heavy atom. The van der Waals surface area contributed by atoms with E-state index in [1.807, 2.05) is 0 Å². The molecule has 0 aromatic heterocycles. The molecule has 0 saturated carbocycles. The summed E-state index contributed by atoms with van der Waals surface area (Å²) in [6.45, 7) is 0.284. The largest absolute Gasteiger partial charge is 0.418 e. The molecule has 0 aliphatic carbocycles. The lowest BCUT2D eigenvalue weighted by atomic mass is 10.1. The minimum absolute atomic E-state index is 0.0680. The van der Waals surface area contributed by atoms with E-state index in [-0.39, 0.29) is 28.3 Å². The predicted molar refractivity (Wildman–Crippen MR) is 61.0 cm³/mol. The third-order valence-corrected chi connectivity index (χ3v) is 3.07. The Labute approximate surface area is 112 Å². The van der Waals surface area contributed by atoms with E-state index in [2.05, 4.69) is 0 Å². The number of ether oxygens (including phenoxy) is 2. The molecule has 7 heteroatoms. The normalized spacial score (nSPS) is 20.8. The second-order valence-electron chi connectivity index (χ2n) is 3.85. The Balaban J connectivity index is 2.26. The van der Waals surface area contributed by atoms with E-state index < -0.39 is 12.3 Å². The van der Waals surface area contributed by atoms with Gasteiger partial charge in [0.1, 0.15) is 6.10 Å². The lowest BCUT2D eigenvalue weighted by Gasteiger charge is -2.22. The molecule has 0 amide bonds. The van der Waals surface area contributed by atoms with Gasteiger partial charge in [0.15, 0.2) is 6.10 Å². The zero-order valence-corrected chi connectivity index (χ0v) is 10.5. The second kappa shape index (κ2) is 5.25. The van der Waals surface area contributed by atoms with Gasteiger partial charge >= 0.3 is 6.18 Å². The molecule has 0 N–H and O–H groups in total. The highest BCUT2D eigenvalue weighted by atomic mass is 35.5. The Hall–Kier alpha value is -0.490. The first-order chi connectivity index (χ1) is 8.39. The summed E-state index contributed by atoms with van der Waals surface area (Å²) in [6.07, 6.45) is -6.98. The van der Waals surface area contributed by atoms with Crippen molar-refractivity contribution in [2.24, 2.45) is 0 Å². The summed E-state index contributed by atoms with van der Waals surface area (Å²) in [4.78, 5) is 0. The molecule has 2 atom stereocenters. The van der Waals surface area contributed by atoms with Gasteiger partial charge in [-0.1, -0.05) is 29.3 Å². The van der Waals surface area contributed by atoms with Crippen LogP contribution in [0.2, 0.25) is 10.0 Å². The average Bonchev–Trinajstić information content (AvgIpc) is 3.04. The molecule has 1 heterocycles. The maximum absolute atomic E-state index is 13.0. The van der Waals surface area contributed by atoms with Crippen LogP contribution in [0.4, 0.5) is 13.2 Å². The summed E-state index contributed by atoms with van der Waals surface area (Å²) in [5.41, 5.74) is -0.256. The molecular weight excluding hydrogens is 292 g/mol. The van der Waals surface area contributed by atoms with Gasteiger partial charge in [0.2, 0.25) is 0 Å². The zero-order valence-electron chi connectivity index (χ0n) is 9.01. The van der Waals surface area contributed by atoms with Crippen LogP contribution in [0.25, 0.3) is 0 Å². The molecule has 2 rings (SSSR count). The molecule has 1 aliphatic rings. The summed E-state index contributed by atoms with van der Waals surface area (Å²) >= 11 is 11.5. The fraction of sp³-hybridized carbons (Fsp3) is 0.455. The number of hydrogen-bond donors (Lipinski definition) is 0. The van der Waals surface area contributed by atoms with Crippen LogP contribution in [0, 0.1) is 0 Å². The van der Waals surface area contributed by atoms with Gasteiger partial charge in [0, 0.05) is 15.6 Å². The minimum Gasteiger partial charge on any atom is -0.371 e. The quantitative estimate of drug-likeness (QED) is 0.784. The van der Waals surface area contributed by atoms with Gasteiger partial charge in [-0.2, -0.15) is 13.2 Å². The van der Waals surface area contributed by atoms with Crippen molar-refractivity contribution in [3.05, 3.63) is 33.8 Å². The van der Waals surface area contributed by atoms with E-state index in [4.69, 9.17) is 32.7 Å². The maximum Gasteiger partial charge on any atom is 0.418 e. The zero-order chi connectivity index (χ0) is 13.3. The number of hydrogen-bond acceptors (Lipinski definition) is 2. The summed E-state index contributed by atoms with van der Waals surface area (Å²) in [6, 6.07) is 4.17. The molecule has 18 heavy (non-hydrogen) atoms. The van der Waals surface area contributed by atoms with E-state index >= 15 is 0 Å². The third-order valence-electron chi connectivity index (χ3n) is 2.41. The van der Waals surface area contributed by atoms with E-state index in [0.29, 0.717) is 6.61 Å². The first kappa shape index (κ1) is 13.9. The standard InChI is InChI=1S/C11H9Cl2F3O2/c12-7-2-1-3-8(13)9(7)10(11(14,15)16)18-5-6-4-17-6/h1-3,6,10H,4-5H2/t6-,10-/m1/s1. The molecule has 2 nitrogen and oxygen atoms in total. The summed E-state index contributed by atoms with van der Waals surface area (Å²) in [5.74, 6) is 0. The highest BCUT2D eigenvalue weighted by molar-refractivity contribution is 6.36. The molecule has 1 aromatic carbocycles. The van der Waals surface area contributed by atoms with Crippen molar-refractivity contribution in [3.8, 4) is 0 Å². The van der Waals surface area contributed by atoms with Crippen LogP contribution in [0.1, 0.15) is 11.7 Å². The number of alkyl halides is 3. The first-order valence-corrected chi connectivity index (χ1v) is 5.89. The molecule has 1 saturated heterocycles. The van der Waals surface area contributed by atoms with E-state index in [1.54, 1.807) is 0 Å². The van der Waals surface area contributed by atoms with Gasteiger partial charge in [0.05, 0.1) is 13.2 Å². The SMILES string of the molecule is FC(F)(F)[C@H](OC[C@H]1CO1)c1c(Cl)cccc1Cl. The van der Waals surface area contributed by atoms with Gasteiger partial charge in [-0.25, -0.2) is 0 Å². The molecular formula is C11H9Cl2F3O2. The summed E-state index contributed by atoms with van der Waals surface area (Å²) in [7, 11) is 0. The van der Waals surface area contributed by atoms with Crippen LogP contribution < -0.4 is 0 Å². The Kier molecular flexibility index (Phi) is 4.06. The van der Waals surface area contributed by atoms with Gasteiger partial charge in [-0.15, -0.1) is 0 Å². The van der Waals surface area contributed by atoms with Crippen molar-refractivity contribution in [1.82, 2.24) is 0 Å². The molecule has 0 radical (unpaired) electrons. The first-order valence-electron chi connectivity index (χ1n) is 5.13. The van der Waals surface area contributed by atoms with Crippen LogP contribution >= 0.6 is 23.2 Å². The summed E-state index contributed by atoms with van der Waals surface area (Å²) < 4.78 is 48.5. The predicted octanol–water partition coefficient (Wildman–Crippen LogP) is 4.01. The number of halogens is 5. The van der Waals surface area contributed by atoms with Crippen molar-refractivity contribution in [2.75, 3.05) is 13.2 Å². The average molecular weight is 301 g/mol. The van der Waals surface area contributed by atoms with Gasteiger partial charge < -0.3 is 9.47 Å². The number of benzene rings is 1. The Morgan fingerprint density at radius 1 is 1.33 bits per heavy atom. The maximum atomic E-state index is 13.0. The van der Waals surface area contributed by atoms with Crippen molar-refractivity contribution >= 4 is 23.2 Å². The molecule has 1 fully saturated rings. The smallest absolute Gasteiger partial charge is 0.371 e. The van der Waals surface area contributed by atoms with Crippen molar-refractivity contribution < 1.29 is 22.6 Å².